The van der Waals surface area contributed by atoms with Gasteiger partial charge in [-0.1, -0.05) is 34.1 Å². The van der Waals surface area contributed by atoms with Gasteiger partial charge >= 0.3 is 0 Å². The van der Waals surface area contributed by atoms with Crippen molar-refractivity contribution >= 4 is 21.6 Å². The van der Waals surface area contributed by atoms with Crippen LogP contribution in [-0.4, -0.2) is 4.98 Å². The monoisotopic (exact) mass is 344 g/mol. The number of benzene rings is 1. The van der Waals surface area contributed by atoms with E-state index in [2.05, 4.69) is 44.4 Å². The van der Waals surface area contributed by atoms with E-state index in [9.17, 15) is 4.39 Å². The fourth-order valence-corrected chi connectivity index (χ4v) is 3.96. The third-order valence-electron chi connectivity index (χ3n) is 4.43. The second-order valence-electron chi connectivity index (χ2n) is 5.61. The molecule has 106 valence electrons. The van der Waals surface area contributed by atoms with Crippen LogP contribution < -0.4 is 5.32 Å². The number of hydrogen-bond acceptors (Lipinski definition) is 2. The van der Waals surface area contributed by atoms with Crippen LogP contribution in [0.5, 0.6) is 0 Å². The summed E-state index contributed by atoms with van der Waals surface area (Å²) < 4.78 is 15.1. The zero-order valence-electron chi connectivity index (χ0n) is 11.3. The summed E-state index contributed by atoms with van der Waals surface area (Å²) in [5.74, 6) is 0.473. The van der Waals surface area contributed by atoms with Crippen LogP contribution >= 0.6 is 15.9 Å². The van der Waals surface area contributed by atoms with Gasteiger partial charge in [0.15, 0.2) is 0 Å². The molecule has 0 bridgehead atoms. The van der Waals surface area contributed by atoms with Crippen molar-refractivity contribution in [2.24, 2.45) is 5.92 Å². The Kier molecular flexibility index (Phi) is 3.07. The number of nitrogens with zero attached hydrogens (tertiary/aromatic N) is 1. The van der Waals surface area contributed by atoms with Crippen molar-refractivity contribution < 1.29 is 4.39 Å². The summed E-state index contributed by atoms with van der Waals surface area (Å²) in [5, 5.41) is 3.40. The minimum Gasteiger partial charge on any atom is -0.375 e. The number of halogens is 2. The van der Waals surface area contributed by atoms with Crippen LogP contribution in [0.25, 0.3) is 0 Å². The van der Waals surface area contributed by atoms with E-state index in [4.69, 9.17) is 0 Å². The lowest BCUT2D eigenvalue weighted by Gasteiger charge is -2.37. The Bertz CT molecular complexity index is 714. The summed E-state index contributed by atoms with van der Waals surface area (Å²) >= 11 is 3.40. The maximum absolute atomic E-state index is 14.3. The number of pyridine rings is 1. The molecule has 1 aliphatic heterocycles. The number of allylic oxidation sites excluding steroid dienone is 2. The molecular formula is C17H14BrFN2. The maximum Gasteiger partial charge on any atom is 0.147 e. The SMILES string of the molecule is Fc1cc(Br)cc2c1NC(c1cccnc1)C1CC=CC21. The van der Waals surface area contributed by atoms with Crippen LogP contribution in [0.4, 0.5) is 10.1 Å². The molecular weight excluding hydrogens is 331 g/mol. The van der Waals surface area contributed by atoms with Crippen molar-refractivity contribution in [3.8, 4) is 0 Å². The minimum atomic E-state index is -0.202. The van der Waals surface area contributed by atoms with Crippen LogP contribution in [0.1, 0.15) is 29.5 Å². The first-order valence-corrected chi connectivity index (χ1v) is 7.85. The molecule has 3 atom stereocenters. The van der Waals surface area contributed by atoms with E-state index in [1.807, 2.05) is 18.3 Å². The van der Waals surface area contributed by atoms with Crippen molar-refractivity contribution in [2.45, 2.75) is 18.4 Å². The maximum atomic E-state index is 14.3. The van der Waals surface area contributed by atoms with Crippen LogP contribution in [0, 0.1) is 11.7 Å². The van der Waals surface area contributed by atoms with Crippen LogP contribution in [0.2, 0.25) is 0 Å². The molecule has 0 spiro atoms. The van der Waals surface area contributed by atoms with Crippen molar-refractivity contribution in [1.82, 2.24) is 4.98 Å². The van der Waals surface area contributed by atoms with E-state index < -0.39 is 0 Å². The smallest absolute Gasteiger partial charge is 0.147 e. The average Bonchev–Trinajstić information content (AvgIpc) is 2.97. The normalized spacial score (nSPS) is 26.1. The highest BCUT2D eigenvalue weighted by Gasteiger charge is 2.39. The third kappa shape index (κ3) is 2.09. The van der Waals surface area contributed by atoms with Crippen molar-refractivity contribution in [2.75, 3.05) is 5.32 Å². The molecule has 0 saturated heterocycles. The predicted molar refractivity (Wildman–Crippen MR) is 84.7 cm³/mol. The first kappa shape index (κ1) is 13.0. The van der Waals surface area contributed by atoms with Gasteiger partial charge in [0.05, 0.1) is 11.7 Å². The van der Waals surface area contributed by atoms with Gasteiger partial charge in [0.2, 0.25) is 0 Å². The summed E-state index contributed by atoms with van der Waals surface area (Å²) in [4.78, 5) is 4.20. The van der Waals surface area contributed by atoms with Gasteiger partial charge in [0.1, 0.15) is 5.82 Å². The molecule has 2 heterocycles. The van der Waals surface area contributed by atoms with E-state index in [1.54, 1.807) is 6.20 Å². The Morgan fingerprint density at radius 1 is 1.33 bits per heavy atom. The quantitative estimate of drug-likeness (QED) is 0.751. The molecule has 2 aromatic rings. The molecule has 21 heavy (non-hydrogen) atoms. The fraction of sp³-hybridized carbons (Fsp3) is 0.235. The van der Waals surface area contributed by atoms with E-state index in [0.717, 1.165) is 22.0 Å². The van der Waals surface area contributed by atoms with Crippen molar-refractivity contribution in [3.63, 3.8) is 0 Å². The summed E-state index contributed by atoms with van der Waals surface area (Å²) in [7, 11) is 0. The number of fused-ring (bicyclic) bond motifs is 3. The Hall–Kier alpha value is -1.68. The van der Waals surface area contributed by atoms with E-state index in [0.29, 0.717) is 11.6 Å². The molecule has 4 heteroatoms. The predicted octanol–water partition coefficient (Wildman–Crippen LogP) is 4.81. The van der Waals surface area contributed by atoms with Gasteiger partial charge in [-0.05, 0) is 41.7 Å². The van der Waals surface area contributed by atoms with Crippen LogP contribution in [-0.2, 0) is 0 Å². The van der Waals surface area contributed by atoms with Gasteiger partial charge in [-0.3, -0.25) is 4.98 Å². The molecule has 0 fully saturated rings. The number of hydrogen-bond donors (Lipinski definition) is 1. The number of nitrogens with one attached hydrogen (secondary N) is 1. The lowest BCUT2D eigenvalue weighted by atomic mass is 9.77. The van der Waals surface area contributed by atoms with E-state index in [1.165, 1.54) is 6.07 Å². The zero-order chi connectivity index (χ0) is 14.4. The first-order valence-electron chi connectivity index (χ1n) is 7.06. The first-order chi connectivity index (χ1) is 10.2. The second-order valence-corrected chi connectivity index (χ2v) is 6.53. The lowest BCUT2D eigenvalue weighted by molar-refractivity contribution is 0.420. The molecule has 3 unspecified atom stereocenters. The Morgan fingerprint density at radius 2 is 2.24 bits per heavy atom. The Morgan fingerprint density at radius 3 is 3.05 bits per heavy atom. The average molecular weight is 345 g/mol. The molecule has 0 radical (unpaired) electrons. The van der Waals surface area contributed by atoms with Crippen molar-refractivity contribution in [3.05, 3.63) is 70.2 Å². The van der Waals surface area contributed by atoms with Crippen LogP contribution in [0.3, 0.4) is 0 Å². The molecule has 0 saturated carbocycles. The molecule has 4 rings (SSSR count). The van der Waals surface area contributed by atoms with Gasteiger partial charge in [-0.15, -0.1) is 0 Å². The molecule has 2 aliphatic rings. The van der Waals surface area contributed by atoms with E-state index >= 15 is 0 Å². The lowest BCUT2D eigenvalue weighted by Crippen LogP contribution is -2.29. The van der Waals surface area contributed by atoms with E-state index in [-0.39, 0.29) is 17.8 Å². The van der Waals surface area contributed by atoms with Gasteiger partial charge < -0.3 is 5.32 Å². The molecule has 1 aromatic carbocycles. The standard InChI is InChI=1S/C17H14BrFN2/c18-11-7-14-12-4-1-5-13(12)16(10-3-2-6-20-9-10)21-17(14)15(19)8-11/h1-4,6-9,12-13,16,21H,5H2. The second kappa shape index (κ2) is 4.95. The van der Waals surface area contributed by atoms with Gasteiger partial charge in [-0.2, -0.15) is 0 Å². The highest BCUT2D eigenvalue weighted by atomic mass is 79.9. The summed E-state index contributed by atoms with van der Waals surface area (Å²) in [6, 6.07) is 7.63. The van der Waals surface area contributed by atoms with Crippen LogP contribution in [0.15, 0.2) is 53.3 Å². The summed E-state index contributed by atoms with van der Waals surface area (Å²) in [6.07, 6.45) is 9.05. The Labute approximate surface area is 131 Å². The minimum absolute atomic E-state index is 0.0990. The topological polar surface area (TPSA) is 24.9 Å². The summed E-state index contributed by atoms with van der Waals surface area (Å²) in [5.41, 5.74) is 2.78. The molecule has 2 nitrogen and oxygen atoms in total. The third-order valence-corrected chi connectivity index (χ3v) is 4.89. The highest BCUT2D eigenvalue weighted by Crippen LogP contribution is 2.50. The highest BCUT2D eigenvalue weighted by molar-refractivity contribution is 9.10. The molecule has 1 N–H and O–H groups in total. The number of anilines is 1. The Balaban J connectivity index is 1.84. The number of aromatic nitrogens is 1. The molecule has 1 aliphatic carbocycles. The molecule has 0 amide bonds. The van der Waals surface area contributed by atoms with Gasteiger partial charge in [-0.25, -0.2) is 4.39 Å². The number of rotatable bonds is 1. The largest absolute Gasteiger partial charge is 0.375 e. The fourth-order valence-electron chi connectivity index (χ4n) is 3.51. The zero-order valence-corrected chi connectivity index (χ0v) is 12.8. The summed E-state index contributed by atoms with van der Waals surface area (Å²) in [6.45, 7) is 0. The van der Waals surface area contributed by atoms with Gasteiger partial charge in [0.25, 0.3) is 0 Å². The van der Waals surface area contributed by atoms with Crippen molar-refractivity contribution in [1.29, 1.82) is 0 Å². The van der Waals surface area contributed by atoms with Gasteiger partial charge in [0, 0.05) is 22.8 Å². The molecule has 1 aromatic heterocycles.